The van der Waals surface area contributed by atoms with E-state index in [2.05, 4.69) is 43.1 Å². The summed E-state index contributed by atoms with van der Waals surface area (Å²) in [7, 11) is 2.06. The Balaban J connectivity index is 1.76. The Bertz CT molecular complexity index is 483. The fourth-order valence-electron chi connectivity index (χ4n) is 3.80. The summed E-state index contributed by atoms with van der Waals surface area (Å²) in [5.41, 5.74) is 3.96. The lowest BCUT2D eigenvalue weighted by molar-refractivity contribution is 0.183. The van der Waals surface area contributed by atoms with E-state index in [-0.39, 0.29) is 0 Å². The van der Waals surface area contributed by atoms with Gasteiger partial charge >= 0.3 is 0 Å². The Labute approximate surface area is 128 Å². The highest BCUT2D eigenvalue weighted by atomic mass is 15.3. The van der Waals surface area contributed by atoms with Crippen molar-refractivity contribution in [2.45, 2.75) is 58.5 Å². The van der Waals surface area contributed by atoms with Crippen molar-refractivity contribution in [2.24, 2.45) is 13.0 Å². The first-order valence-electron chi connectivity index (χ1n) is 8.53. The monoisotopic (exact) mass is 290 g/mol. The molecule has 0 bridgehead atoms. The van der Waals surface area contributed by atoms with Crippen molar-refractivity contribution in [3.05, 3.63) is 17.0 Å². The maximum absolute atomic E-state index is 4.62. The summed E-state index contributed by atoms with van der Waals surface area (Å²) in [6.07, 6.45) is 5.51. The Kier molecular flexibility index (Phi) is 4.36. The van der Waals surface area contributed by atoms with Gasteiger partial charge in [0.15, 0.2) is 0 Å². The van der Waals surface area contributed by atoms with Crippen molar-refractivity contribution in [3.8, 4) is 0 Å². The molecule has 0 aromatic carbocycles. The van der Waals surface area contributed by atoms with Gasteiger partial charge in [-0.3, -0.25) is 9.58 Å². The number of rotatable bonds is 6. The third-order valence-electron chi connectivity index (χ3n) is 5.34. The summed E-state index contributed by atoms with van der Waals surface area (Å²) < 4.78 is 2.03. The average molecular weight is 290 g/mol. The van der Waals surface area contributed by atoms with Crippen LogP contribution in [0.15, 0.2) is 0 Å². The molecule has 4 nitrogen and oxygen atoms in total. The van der Waals surface area contributed by atoms with Crippen LogP contribution in [0, 0.1) is 19.8 Å². The second kappa shape index (κ2) is 6.09. The van der Waals surface area contributed by atoms with Gasteiger partial charge in [-0.05, 0) is 58.9 Å². The largest absolute Gasteiger partial charge is 0.313 e. The molecule has 2 fully saturated rings. The molecular weight excluding hydrogens is 260 g/mol. The molecule has 0 radical (unpaired) electrons. The molecule has 2 atom stereocenters. The van der Waals surface area contributed by atoms with Gasteiger partial charge in [0, 0.05) is 43.5 Å². The Morgan fingerprint density at radius 3 is 2.57 bits per heavy atom. The summed E-state index contributed by atoms with van der Waals surface area (Å²) in [5, 5.41) is 8.27. The van der Waals surface area contributed by atoms with E-state index < -0.39 is 0 Å². The minimum absolute atomic E-state index is 0.474. The standard InChI is InChI=1S/C17H30N4/c1-12-17(13(2)20(4)19-12)14(3)21(10-15-7-8-15)11-16-6-5-9-18-16/h14-16,18H,5-11H2,1-4H3. The highest BCUT2D eigenvalue weighted by molar-refractivity contribution is 5.27. The molecule has 1 saturated heterocycles. The van der Waals surface area contributed by atoms with Crippen LogP contribution in [0.1, 0.15) is 55.6 Å². The number of aryl methyl sites for hydroxylation is 2. The van der Waals surface area contributed by atoms with Gasteiger partial charge in [0.05, 0.1) is 5.69 Å². The van der Waals surface area contributed by atoms with Gasteiger partial charge in [0.25, 0.3) is 0 Å². The summed E-state index contributed by atoms with van der Waals surface area (Å²) >= 11 is 0. The zero-order chi connectivity index (χ0) is 15.0. The van der Waals surface area contributed by atoms with Crippen LogP contribution in [-0.4, -0.2) is 40.4 Å². The Hall–Kier alpha value is -0.870. The Morgan fingerprint density at radius 2 is 2.05 bits per heavy atom. The van der Waals surface area contributed by atoms with Crippen LogP contribution >= 0.6 is 0 Å². The minimum Gasteiger partial charge on any atom is -0.313 e. The molecule has 0 amide bonds. The van der Waals surface area contributed by atoms with E-state index in [4.69, 9.17) is 0 Å². The molecule has 1 aromatic heterocycles. The first kappa shape index (κ1) is 15.0. The highest BCUT2D eigenvalue weighted by Gasteiger charge is 2.31. The van der Waals surface area contributed by atoms with E-state index in [0.29, 0.717) is 12.1 Å². The van der Waals surface area contributed by atoms with Crippen molar-refractivity contribution in [1.29, 1.82) is 0 Å². The van der Waals surface area contributed by atoms with Gasteiger partial charge in [-0.1, -0.05) is 0 Å². The van der Waals surface area contributed by atoms with E-state index in [1.165, 1.54) is 62.3 Å². The molecule has 3 rings (SSSR count). The zero-order valence-corrected chi connectivity index (χ0v) is 14.0. The predicted octanol–water partition coefficient (Wildman–Crippen LogP) is 2.56. The van der Waals surface area contributed by atoms with Crippen LogP contribution in [0.5, 0.6) is 0 Å². The van der Waals surface area contributed by atoms with Gasteiger partial charge in [0.2, 0.25) is 0 Å². The molecular formula is C17H30N4. The maximum Gasteiger partial charge on any atom is 0.0644 e. The highest BCUT2D eigenvalue weighted by Crippen LogP contribution is 2.34. The molecule has 0 spiro atoms. The van der Waals surface area contributed by atoms with Crippen LogP contribution in [0.2, 0.25) is 0 Å². The molecule has 2 unspecified atom stereocenters. The first-order chi connectivity index (χ1) is 10.1. The second-order valence-corrected chi connectivity index (χ2v) is 7.07. The van der Waals surface area contributed by atoms with Gasteiger partial charge in [-0.2, -0.15) is 5.10 Å². The van der Waals surface area contributed by atoms with E-state index in [1.807, 2.05) is 4.68 Å². The molecule has 21 heavy (non-hydrogen) atoms. The molecule has 1 aliphatic heterocycles. The Morgan fingerprint density at radius 1 is 1.29 bits per heavy atom. The molecule has 1 saturated carbocycles. The zero-order valence-electron chi connectivity index (χ0n) is 14.0. The third-order valence-corrected chi connectivity index (χ3v) is 5.34. The van der Waals surface area contributed by atoms with Crippen molar-refractivity contribution in [3.63, 3.8) is 0 Å². The second-order valence-electron chi connectivity index (χ2n) is 7.07. The number of nitrogens with zero attached hydrogens (tertiary/aromatic N) is 3. The van der Waals surface area contributed by atoms with Crippen LogP contribution in [0.25, 0.3) is 0 Å². The summed E-state index contributed by atoms with van der Waals surface area (Å²) in [4.78, 5) is 2.71. The first-order valence-corrected chi connectivity index (χ1v) is 8.53. The summed E-state index contributed by atoms with van der Waals surface area (Å²) in [6.45, 7) is 10.4. The van der Waals surface area contributed by atoms with Gasteiger partial charge in [0.1, 0.15) is 0 Å². The van der Waals surface area contributed by atoms with Crippen LogP contribution in [-0.2, 0) is 7.05 Å². The number of aromatic nitrogens is 2. The van der Waals surface area contributed by atoms with Crippen molar-refractivity contribution >= 4 is 0 Å². The van der Waals surface area contributed by atoms with Crippen molar-refractivity contribution in [2.75, 3.05) is 19.6 Å². The van der Waals surface area contributed by atoms with Crippen molar-refractivity contribution < 1.29 is 0 Å². The van der Waals surface area contributed by atoms with Crippen LogP contribution in [0.3, 0.4) is 0 Å². The van der Waals surface area contributed by atoms with E-state index in [9.17, 15) is 0 Å². The SMILES string of the molecule is Cc1nn(C)c(C)c1C(C)N(CC1CC1)CC1CCCN1. The molecule has 2 aliphatic rings. The van der Waals surface area contributed by atoms with E-state index >= 15 is 0 Å². The molecule has 1 aliphatic carbocycles. The lowest BCUT2D eigenvalue weighted by atomic mass is 10.0. The van der Waals surface area contributed by atoms with Gasteiger partial charge in [-0.25, -0.2) is 0 Å². The molecule has 1 aromatic rings. The molecule has 2 heterocycles. The summed E-state index contributed by atoms with van der Waals surface area (Å²) in [5.74, 6) is 0.936. The quantitative estimate of drug-likeness (QED) is 0.874. The normalized spacial score (nSPS) is 24.0. The number of hydrogen-bond acceptors (Lipinski definition) is 3. The fraction of sp³-hybridized carbons (Fsp3) is 0.824. The number of nitrogens with one attached hydrogen (secondary N) is 1. The van der Waals surface area contributed by atoms with E-state index in [1.54, 1.807) is 0 Å². The van der Waals surface area contributed by atoms with Gasteiger partial charge in [-0.15, -0.1) is 0 Å². The fourth-order valence-corrected chi connectivity index (χ4v) is 3.80. The van der Waals surface area contributed by atoms with Crippen molar-refractivity contribution in [1.82, 2.24) is 20.0 Å². The molecule has 4 heteroatoms. The smallest absolute Gasteiger partial charge is 0.0644 e. The lowest BCUT2D eigenvalue weighted by Gasteiger charge is -2.32. The summed E-state index contributed by atoms with van der Waals surface area (Å²) in [6, 6.07) is 1.16. The van der Waals surface area contributed by atoms with E-state index in [0.717, 1.165) is 5.92 Å². The lowest BCUT2D eigenvalue weighted by Crippen LogP contribution is -2.40. The maximum atomic E-state index is 4.62. The van der Waals surface area contributed by atoms with Crippen LogP contribution in [0.4, 0.5) is 0 Å². The average Bonchev–Trinajstić information content (AvgIpc) is 3.03. The third kappa shape index (κ3) is 3.32. The minimum atomic E-state index is 0.474. The van der Waals surface area contributed by atoms with Crippen LogP contribution < -0.4 is 5.32 Å². The number of hydrogen-bond donors (Lipinski definition) is 1. The topological polar surface area (TPSA) is 33.1 Å². The van der Waals surface area contributed by atoms with Gasteiger partial charge < -0.3 is 5.32 Å². The molecule has 118 valence electrons. The predicted molar refractivity (Wildman–Crippen MR) is 86.4 cm³/mol. The molecule has 1 N–H and O–H groups in total.